The van der Waals surface area contributed by atoms with Crippen molar-refractivity contribution in [3.05, 3.63) is 47.5 Å². The van der Waals surface area contributed by atoms with Crippen molar-refractivity contribution in [3.63, 3.8) is 0 Å². The van der Waals surface area contributed by atoms with Gasteiger partial charge >= 0.3 is 0 Å². The van der Waals surface area contributed by atoms with E-state index in [1.165, 1.54) is 12.0 Å². The van der Waals surface area contributed by atoms with Crippen molar-refractivity contribution in [3.8, 4) is 0 Å². The highest BCUT2D eigenvalue weighted by molar-refractivity contribution is 5.28. The minimum absolute atomic E-state index is 0.582. The monoisotopic (exact) mass is 187 g/mol. The van der Waals surface area contributed by atoms with Crippen molar-refractivity contribution >= 4 is 0 Å². The van der Waals surface area contributed by atoms with Gasteiger partial charge in [-0.05, 0) is 18.5 Å². The van der Waals surface area contributed by atoms with Gasteiger partial charge in [0, 0.05) is 12.5 Å². The van der Waals surface area contributed by atoms with E-state index < -0.39 is 0 Å². The Hall–Kier alpha value is -1.08. The normalized spacial score (nSPS) is 18.8. The van der Waals surface area contributed by atoms with Gasteiger partial charge in [0.25, 0.3) is 0 Å². The highest BCUT2D eigenvalue weighted by Gasteiger charge is 2.12. The molecule has 1 aromatic carbocycles. The van der Waals surface area contributed by atoms with Crippen molar-refractivity contribution in [1.29, 1.82) is 0 Å². The first-order valence-corrected chi connectivity index (χ1v) is 5.32. The molecular formula is C13H17N. The fourth-order valence-corrected chi connectivity index (χ4v) is 1.99. The van der Waals surface area contributed by atoms with E-state index in [-0.39, 0.29) is 0 Å². The van der Waals surface area contributed by atoms with E-state index >= 15 is 0 Å². The lowest BCUT2D eigenvalue weighted by atomic mass is 9.89. The maximum Gasteiger partial charge on any atom is 0.0137 e. The van der Waals surface area contributed by atoms with E-state index in [9.17, 15) is 0 Å². The highest BCUT2D eigenvalue weighted by atomic mass is 14.8. The molecule has 1 aliphatic rings. The minimum Gasteiger partial charge on any atom is -0.313 e. The van der Waals surface area contributed by atoms with Crippen LogP contribution in [0, 0.1) is 0 Å². The van der Waals surface area contributed by atoms with Gasteiger partial charge < -0.3 is 5.32 Å². The summed E-state index contributed by atoms with van der Waals surface area (Å²) in [5, 5.41) is 3.34. The van der Waals surface area contributed by atoms with E-state index in [0.29, 0.717) is 5.92 Å². The van der Waals surface area contributed by atoms with Crippen LogP contribution in [0.15, 0.2) is 42.0 Å². The van der Waals surface area contributed by atoms with Crippen LogP contribution in [0.2, 0.25) is 0 Å². The summed E-state index contributed by atoms with van der Waals surface area (Å²) in [7, 11) is 0. The van der Waals surface area contributed by atoms with Gasteiger partial charge in [-0.15, -0.1) is 0 Å². The van der Waals surface area contributed by atoms with E-state index in [2.05, 4.69) is 48.6 Å². The molecule has 0 saturated heterocycles. The van der Waals surface area contributed by atoms with Crippen molar-refractivity contribution in [2.75, 3.05) is 13.1 Å². The number of benzene rings is 1. The Balaban J connectivity index is 2.15. The smallest absolute Gasteiger partial charge is 0.0137 e. The standard InChI is InChI=1S/C13H17N/c1-11(12-5-3-2-4-6-12)13-7-9-14-10-8-13/h2-7,11,14H,8-10H2,1H3/t11-/m0/s1. The Labute approximate surface area is 85.8 Å². The SMILES string of the molecule is C[C@H](C1=CCNCC1)c1ccccc1. The zero-order valence-corrected chi connectivity index (χ0v) is 8.66. The second-order valence-electron chi connectivity index (χ2n) is 3.87. The van der Waals surface area contributed by atoms with E-state index in [1.54, 1.807) is 5.57 Å². The summed E-state index contributed by atoms with van der Waals surface area (Å²) in [6.07, 6.45) is 3.53. The summed E-state index contributed by atoms with van der Waals surface area (Å²) in [4.78, 5) is 0. The molecule has 0 aliphatic carbocycles. The molecule has 1 N–H and O–H groups in total. The highest BCUT2D eigenvalue weighted by Crippen LogP contribution is 2.26. The van der Waals surface area contributed by atoms with E-state index in [0.717, 1.165) is 13.1 Å². The molecule has 0 saturated carbocycles. The molecule has 2 rings (SSSR count). The summed E-state index contributed by atoms with van der Waals surface area (Å²) in [6, 6.07) is 10.7. The molecule has 0 radical (unpaired) electrons. The van der Waals surface area contributed by atoms with Crippen LogP contribution >= 0.6 is 0 Å². The molecule has 1 aliphatic heterocycles. The van der Waals surface area contributed by atoms with Crippen molar-refractivity contribution in [2.24, 2.45) is 0 Å². The van der Waals surface area contributed by atoms with E-state index in [1.807, 2.05) is 0 Å². The van der Waals surface area contributed by atoms with Gasteiger partial charge in [-0.2, -0.15) is 0 Å². The molecular weight excluding hydrogens is 170 g/mol. The average molecular weight is 187 g/mol. The Morgan fingerprint density at radius 1 is 1.21 bits per heavy atom. The quantitative estimate of drug-likeness (QED) is 0.702. The molecule has 14 heavy (non-hydrogen) atoms. The van der Waals surface area contributed by atoms with Crippen LogP contribution in [-0.2, 0) is 0 Å². The zero-order valence-electron chi connectivity index (χ0n) is 8.66. The Morgan fingerprint density at radius 2 is 2.00 bits per heavy atom. The van der Waals surface area contributed by atoms with Crippen LogP contribution in [0.3, 0.4) is 0 Å². The molecule has 0 aromatic heterocycles. The van der Waals surface area contributed by atoms with Crippen LogP contribution in [0.5, 0.6) is 0 Å². The predicted molar refractivity (Wildman–Crippen MR) is 60.4 cm³/mol. The topological polar surface area (TPSA) is 12.0 Å². The van der Waals surface area contributed by atoms with Gasteiger partial charge in [0.2, 0.25) is 0 Å². The molecule has 1 nitrogen and oxygen atoms in total. The average Bonchev–Trinajstić information content (AvgIpc) is 2.30. The Morgan fingerprint density at radius 3 is 2.64 bits per heavy atom. The lowest BCUT2D eigenvalue weighted by Crippen LogP contribution is -2.22. The predicted octanol–water partition coefficient (Wildman–Crippen LogP) is 2.71. The second-order valence-corrected chi connectivity index (χ2v) is 3.87. The number of hydrogen-bond donors (Lipinski definition) is 1. The minimum atomic E-state index is 0.582. The van der Waals surface area contributed by atoms with Crippen molar-refractivity contribution in [2.45, 2.75) is 19.3 Å². The second kappa shape index (κ2) is 4.43. The van der Waals surface area contributed by atoms with Gasteiger partial charge in [0.1, 0.15) is 0 Å². The summed E-state index contributed by atoms with van der Waals surface area (Å²) in [5.41, 5.74) is 3.01. The fraction of sp³-hybridized carbons (Fsp3) is 0.385. The molecule has 74 valence electrons. The van der Waals surface area contributed by atoms with Crippen LogP contribution in [0.1, 0.15) is 24.8 Å². The Bertz CT molecular complexity index is 313. The molecule has 1 atom stereocenters. The third-order valence-electron chi connectivity index (χ3n) is 2.95. The fourth-order valence-electron chi connectivity index (χ4n) is 1.99. The third-order valence-corrected chi connectivity index (χ3v) is 2.95. The molecule has 1 aromatic rings. The first kappa shape index (κ1) is 9.47. The first-order chi connectivity index (χ1) is 6.88. The van der Waals surface area contributed by atoms with Crippen molar-refractivity contribution in [1.82, 2.24) is 5.32 Å². The van der Waals surface area contributed by atoms with Crippen LogP contribution in [-0.4, -0.2) is 13.1 Å². The summed E-state index contributed by atoms with van der Waals surface area (Å²) in [6.45, 7) is 4.46. The molecule has 1 heteroatoms. The summed E-state index contributed by atoms with van der Waals surface area (Å²) >= 11 is 0. The Kier molecular flexibility index (Phi) is 3.00. The largest absolute Gasteiger partial charge is 0.313 e. The number of rotatable bonds is 2. The maximum absolute atomic E-state index is 3.34. The zero-order chi connectivity index (χ0) is 9.80. The lowest BCUT2D eigenvalue weighted by Gasteiger charge is -2.20. The summed E-state index contributed by atoms with van der Waals surface area (Å²) < 4.78 is 0. The first-order valence-electron chi connectivity index (χ1n) is 5.32. The molecule has 1 heterocycles. The third kappa shape index (κ3) is 2.05. The molecule has 0 fully saturated rings. The molecule has 0 unspecified atom stereocenters. The lowest BCUT2D eigenvalue weighted by molar-refractivity contribution is 0.663. The van der Waals surface area contributed by atoms with Crippen LogP contribution < -0.4 is 5.32 Å². The van der Waals surface area contributed by atoms with Gasteiger partial charge in [-0.25, -0.2) is 0 Å². The number of nitrogens with one attached hydrogen (secondary N) is 1. The molecule has 0 amide bonds. The summed E-state index contributed by atoms with van der Waals surface area (Å²) in [5.74, 6) is 0.582. The molecule has 0 spiro atoms. The van der Waals surface area contributed by atoms with Gasteiger partial charge in [0.15, 0.2) is 0 Å². The van der Waals surface area contributed by atoms with Gasteiger partial charge in [-0.3, -0.25) is 0 Å². The maximum atomic E-state index is 3.34. The van der Waals surface area contributed by atoms with E-state index in [4.69, 9.17) is 0 Å². The van der Waals surface area contributed by atoms with Crippen LogP contribution in [0.25, 0.3) is 0 Å². The molecule has 0 bridgehead atoms. The van der Waals surface area contributed by atoms with Gasteiger partial charge in [-0.1, -0.05) is 48.9 Å². The van der Waals surface area contributed by atoms with Gasteiger partial charge in [0.05, 0.1) is 0 Å². The number of hydrogen-bond acceptors (Lipinski definition) is 1. The van der Waals surface area contributed by atoms with Crippen LogP contribution in [0.4, 0.5) is 0 Å². The van der Waals surface area contributed by atoms with Crippen molar-refractivity contribution < 1.29 is 0 Å².